The molecule has 26 atom stereocenters. The van der Waals surface area contributed by atoms with Gasteiger partial charge in [0.1, 0.15) is 67.1 Å². The molecule has 5 heterocycles. The molecule has 9 rings (SSSR count). The fourth-order valence-electron chi connectivity index (χ4n) is 14.3. The van der Waals surface area contributed by atoms with Crippen molar-refractivity contribution in [2.75, 3.05) is 26.4 Å². The maximum atomic E-state index is 11.6. The smallest absolute Gasteiger partial charge is 0.187 e. The van der Waals surface area contributed by atoms with E-state index in [4.69, 9.17) is 37.9 Å². The Morgan fingerprint density at radius 3 is 2.10 bits per heavy atom. The minimum absolute atomic E-state index is 0.100. The summed E-state index contributed by atoms with van der Waals surface area (Å²) in [6, 6.07) is 0. The highest BCUT2D eigenvalue weighted by molar-refractivity contribution is 5.15. The fraction of sp³-hybridized carbons (Fsp3) is 1.00. The van der Waals surface area contributed by atoms with Gasteiger partial charge in [-0.2, -0.15) is 0 Å². The molecule has 17 nitrogen and oxygen atoms in total. The molecule has 61 heavy (non-hydrogen) atoms. The van der Waals surface area contributed by atoms with Crippen LogP contribution in [0.3, 0.4) is 0 Å². The van der Waals surface area contributed by atoms with Crippen molar-refractivity contribution in [3.05, 3.63) is 0 Å². The van der Waals surface area contributed by atoms with Gasteiger partial charge in [0.15, 0.2) is 24.7 Å². The number of aliphatic hydroxyl groups excluding tert-OH is 9. The molecule has 9 aliphatic rings. The first-order valence-electron chi connectivity index (χ1n) is 23.2. The highest BCUT2D eigenvalue weighted by atomic mass is 16.8. The van der Waals surface area contributed by atoms with Gasteiger partial charge >= 0.3 is 0 Å². The molecular weight excluding hydrogens is 800 g/mol. The van der Waals surface area contributed by atoms with Crippen molar-refractivity contribution in [2.24, 2.45) is 52.3 Å². The van der Waals surface area contributed by atoms with Crippen LogP contribution < -0.4 is 0 Å². The lowest BCUT2D eigenvalue weighted by Crippen LogP contribution is -2.65. The third-order valence-corrected chi connectivity index (χ3v) is 17.9. The predicted molar refractivity (Wildman–Crippen MR) is 210 cm³/mol. The Morgan fingerprint density at radius 1 is 0.639 bits per heavy atom. The Labute approximate surface area is 357 Å². The summed E-state index contributed by atoms with van der Waals surface area (Å²) in [4.78, 5) is 0. The second kappa shape index (κ2) is 17.2. The molecule has 9 N–H and O–H groups in total. The summed E-state index contributed by atoms with van der Waals surface area (Å²) < 4.78 is 49.2. The van der Waals surface area contributed by atoms with Crippen LogP contribution in [0.5, 0.6) is 0 Å². The van der Waals surface area contributed by atoms with Crippen molar-refractivity contribution in [2.45, 2.75) is 196 Å². The van der Waals surface area contributed by atoms with E-state index in [1.54, 1.807) is 0 Å². The average Bonchev–Trinajstić information content (AvgIpc) is 3.69. The van der Waals surface area contributed by atoms with Gasteiger partial charge in [0, 0.05) is 12.3 Å². The summed E-state index contributed by atoms with van der Waals surface area (Å²) >= 11 is 0. The molecule has 5 aliphatic heterocycles. The number of hydrogen-bond acceptors (Lipinski definition) is 17. The first-order chi connectivity index (χ1) is 29.0. The molecule has 5 saturated heterocycles. The SMILES string of the molecule is C[C@@H]1CC[C@@]2(OC1)O[C@H]1C[C@H]3[C@@H]4CC[C@@H]5C[C@@H](O[C@@H]6O[C@H](CO[C@@H]7OC[C@H](O)[C@H](O)[C@H]7O)[C@@H](O)[C@H](O)[C@H]6O[C@@H]6O[C@H](CO)[C@@H](O)[C@H](O)[C@H]6O)CC[C@]5(C)[C@H]4CC[C@]3(C)[C@H]1[C@@H]2C. The second-order valence-corrected chi connectivity index (χ2v) is 21.1. The van der Waals surface area contributed by atoms with Gasteiger partial charge in [-0.15, -0.1) is 0 Å². The third-order valence-electron chi connectivity index (χ3n) is 17.9. The lowest BCUT2D eigenvalue weighted by molar-refractivity contribution is -0.376. The topological polar surface area (TPSA) is 256 Å². The van der Waals surface area contributed by atoms with Crippen molar-refractivity contribution < 1.29 is 83.9 Å². The van der Waals surface area contributed by atoms with E-state index in [2.05, 4.69) is 27.7 Å². The molecule has 350 valence electrons. The van der Waals surface area contributed by atoms with Gasteiger partial charge in [0.25, 0.3) is 0 Å². The zero-order valence-electron chi connectivity index (χ0n) is 36.0. The Bertz CT molecular complexity index is 1520. The molecule has 4 saturated carbocycles. The van der Waals surface area contributed by atoms with E-state index in [1.165, 1.54) is 12.8 Å². The Hall–Kier alpha value is -0.680. The quantitative estimate of drug-likeness (QED) is 0.145. The molecule has 4 aliphatic carbocycles. The van der Waals surface area contributed by atoms with Gasteiger partial charge < -0.3 is 83.9 Å². The first kappa shape index (κ1) is 45.5. The van der Waals surface area contributed by atoms with Gasteiger partial charge in [-0.05, 0) is 104 Å². The van der Waals surface area contributed by atoms with Crippen molar-refractivity contribution >= 4 is 0 Å². The van der Waals surface area contributed by atoms with Crippen LogP contribution in [-0.2, 0) is 37.9 Å². The molecule has 1 spiro atoms. The molecule has 0 bridgehead atoms. The highest BCUT2D eigenvalue weighted by Gasteiger charge is 2.69. The van der Waals surface area contributed by atoms with Crippen LogP contribution in [0.1, 0.15) is 91.9 Å². The van der Waals surface area contributed by atoms with Gasteiger partial charge in [-0.25, -0.2) is 0 Å². The maximum absolute atomic E-state index is 11.6. The van der Waals surface area contributed by atoms with Gasteiger partial charge in [0.05, 0.1) is 38.6 Å². The van der Waals surface area contributed by atoms with Crippen LogP contribution in [-0.4, -0.2) is 176 Å². The molecule has 9 fully saturated rings. The summed E-state index contributed by atoms with van der Waals surface area (Å²) in [7, 11) is 0. The van der Waals surface area contributed by atoms with E-state index in [9.17, 15) is 46.0 Å². The van der Waals surface area contributed by atoms with Crippen LogP contribution >= 0.6 is 0 Å². The predicted octanol–water partition coefficient (Wildman–Crippen LogP) is -0.0945. The largest absolute Gasteiger partial charge is 0.394 e. The lowest BCUT2D eigenvalue weighted by atomic mass is 9.44. The molecular formula is C44H72O17. The Balaban J connectivity index is 0.886. The number of rotatable bonds is 8. The van der Waals surface area contributed by atoms with Crippen molar-refractivity contribution in [3.8, 4) is 0 Å². The molecule has 0 unspecified atom stereocenters. The summed E-state index contributed by atoms with van der Waals surface area (Å²) in [5.41, 5.74) is 0.315. The van der Waals surface area contributed by atoms with Crippen molar-refractivity contribution in [1.82, 2.24) is 0 Å². The average molecular weight is 873 g/mol. The molecule has 0 amide bonds. The van der Waals surface area contributed by atoms with Crippen LogP contribution in [0.2, 0.25) is 0 Å². The van der Waals surface area contributed by atoms with E-state index < -0.39 is 105 Å². The summed E-state index contributed by atoms with van der Waals surface area (Å²) in [5, 5.41) is 94.9. The standard InChI is InChI=1S/C44H72O17/c1-19-7-12-44(56-16-19)20(2)30-27(61-44)14-25-23-6-5-21-13-22(8-10-42(21,3)24(23)9-11-43(25,30)4)57-41-38(60-40-37(53)34(50)32(48)28(15-45)58-40)35(51)33(49)29(59-41)18-55-39-36(52)31(47)26(46)17-54-39/h19-41,45-53H,5-18H2,1-4H3/t19-,20+,21-,22+,23-,24+,25+,26+,27+,28-,29-,30+,31+,32-,33-,34+,35+,36-,37-,38-,39+,40+,41-,42+,43+,44-/m1/s1. The summed E-state index contributed by atoms with van der Waals surface area (Å²) in [6.45, 7) is 9.04. The zero-order chi connectivity index (χ0) is 43.3. The summed E-state index contributed by atoms with van der Waals surface area (Å²) in [6.07, 6.45) is -11.2. The number of aliphatic hydroxyl groups is 9. The first-order valence-corrected chi connectivity index (χ1v) is 23.2. The van der Waals surface area contributed by atoms with Gasteiger partial charge in [0.2, 0.25) is 0 Å². The molecule has 17 heteroatoms. The highest BCUT2D eigenvalue weighted by Crippen LogP contribution is 2.71. The molecule has 0 aromatic rings. The number of hydrogen-bond donors (Lipinski definition) is 9. The van der Waals surface area contributed by atoms with Crippen LogP contribution in [0.25, 0.3) is 0 Å². The van der Waals surface area contributed by atoms with Crippen LogP contribution in [0.15, 0.2) is 0 Å². The zero-order valence-corrected chi connectivity index (χ0v) is 36.0. The van der Waals surface area contributed by atoms with E-state index >= 15 is 0 Å². The minimum atomic E-state index is -1.78. The van der Waals surface area contributed by atoms with E-state index in [1.807, 2.05) is 0 Å². The van der Waals surface area contributed by atoms with E-state index in [-0.39, 0.29) is 29.6 Å². The number of ether oxygens (including phenoxy) is 8. The van der Waals surface area contributed by atoms with Crippen molar-refractivity contribution in [3.63, 3.8) is 0 Å². The maximum Gasteiger partial charge on any atom is 0.187 e. The lowest BCUT2D eigenvalue weighted by Gasteiger charge is -2.61. The van der Waals surface area contributed by atoms with Crippen LogP contribution in [0.4, 0.5) is 0 Å². The summed E-state index contributed by atoms with van der Waals surface area (Å²) in [5.74, 6) is 3.16. The van der Waals surface area contributed by atoms with Crippen molar-refractivity contribution in [1.29, 1.82) is 0 Å². The monoisotopic (exact) mass is 872 g/mol. The fourth-order valence-corrected chi connectivity index (χ4v) is 14.3. The van der Waals surface area contributed by atoms with Gasteiger partial charge in [-0.3, -0.25) is 0 Å². The van der Waals surface area contributed by atoms with E-state index in [0.29, 0.717) is 47.8 Å². The van der Waals surface area contributed by atoms with Gasteiger partial charge in [-0.1, -0.05) is 27.7 Å². The normalized spacial score (nSPS) is 58.5. The molecule has 0 aromatic carbocycles. The van der Waals surface area contributed by atoms with Crippen LogP contribution in [0, 0.1) is 52.3 Å². The minimum Gasteiger partial charge on any atom is -0.394 e. The van der Waals surface area contributed by atoms with E-state index in [0.717, 1.165) is 51.6 Å². The number of fused-ring (bicyclic) bond motifs is 7. The third kappa shape index (κ3) is 7.68. The second-order valence-electron chi connectivity index (χ2n) is 21.1. The molecule has 0 aromatic heterocycles. The molecule has 0 radical (unpaired) electrons. The Kier molecular flexibility index (Phi) is 12.8. The Morgan fingerprint density at radius 2 is 1.36 bits per heavy atom.